The van der Waals surface area contributed by atoms with E-state index in [9.17, 15) is 9.18 Å². The van der Waals surface area contributed by atoms with Crippen molar-refractivity contribution in [1.82, 2.24) is 9.88 Å². The number of halogens is 1. The maximum absolute atomic E-state index is 14.5. The van der Waals surface area contributed by atoms with Crippen LogP contribution < -0.4 is 10.2 Å². The van der Waals surface area contributed by atoms with Crippen LogP contribution in [0.3, 0.4) is 0 Å². The number of hydrogen-bond donors (Lipinski definition) is 1. The number of pyridine rings is 1. The van der Waals surface area contributed by atoms with Crippen molar-refractivity contribution in [3.63, 3.8) is 0 Å². The molecule has 3 aliphatic heterocycles. The quantitative estimate of drug-likeness (QED) is 0.737. The number of carbonyl (C=O) groups is 1. The summed E-state index contributed by atoms with van der Waals surface area (Å²) in [5.74, 6) is 0.356. The van der Waals surface area contributed by atoms with E-state index in [1.165, 1.54) is 11.3 Å². The van der Waals surface area contributed by atoms with Crippen molar-refractivity contribution in [1.29, 1.82) is 0 Å². The molecule has 3 unspecified atom stereocenters. The minimum absolute atomic E-state index is 0.0450. The lowest BCUT2D eigenvalue weighted by Crippen LogP contribution is -2.59. The van der Waals surface area contributed by atoms with Gasteiger partial charge in [-0.25, -0.2) is 9.37 Å². The molecule has 184 valence electrons. The Labute approximate surface area is 200 Å². The number of nitrogens with one attached hydrogen (secondary N) is 1. The van der Waals surface area contributed by atoms with Gasteiger partial charge in [0.15, 0.2) is 0 Å². The molecule has 8 heteroatoms. The third-order valence-corrected chi connectivity index (χ3v) is 7.75. The number of alkyl halides is 1. The van der Waals surface area contributed by atoms with Crippen LogP contribution in [0.2, 0.25) is 0 Å². The van der Waals surface area contributed by atoms with Crippen LogP contribution in [0.1, 0.15) is 32.8 Å². The minimum atomic E-state index is -0.940. The molecule has 3 aliphatic rings. The molecule has 1 amide bonds. The number of rotatable bonds is 4. The van der Waals surface area contributed by atoms with Crippen molar-refractivity contribution >= 4 is 28.2 Å². The Balaban J connectivity index is 1.30. The van der Waals surface area contributed by atoms with E-state index in [4.69, 9.17) is 9.47 Å². The van der Waals surface area contributed by atoms with Gasteiger partial charge in [0.2, 0.25) is 5.91 Å². The van der Waals surface area contributed by atoms with E-state index in [1.807, 2.05) is 33.0 Å². The van der Waals surface area contributed by atoms with Crippen molar-refractivity contribution in [3.05, 3.63) is 30.0 Å². The Hall–Kier alpha value is -2.29. The number of carbonyl (C=O) groups excluding carboxylic acids is 1. The number of benzene rings is 1. The average Bonchev–Trinajstić information content (AvgIpc) is 3.35. The zero-order valence-electron chi connectivity index (χ0n) is 20.6. The molecule has 1 aromatic carbocycles. The maximum Gasteiger partial charge on any atom is 0.231 e. The van der Waals surface area contributed by atoms with Crippen molar-refractivity contribution in [2.45, 2.75) is 51.4 Å². The van der Waals surface area contributed by atoms with Gasteiger partial charge in [0.25, 0.3) is 0 Å². The first-order valence-electron chi connectivity index (χ1n) is 12.2. The molecule has 0 bridgehead atoms. The summed E-state index contributed by atoms with van der Waals surface area (Å²) in [5, 5.41) is 5.05. The van der Waals surface area contributed by atoms with E-state index >= 15 is 0 Å². The van der Waals surface area contributed by atoms with E-state index in [0.29, 0.717) is 25.5 Å². The third-order valence-electron chi connectivity index (χ3n) is 7.75. The predicted octanol–water partition coefficient (Wildman–Crippen LogP) is 3.55. The molecule has 4 heterocycles. The van der Waals surface area contributed by atoms with Crippen LogP contribution in [0.4, 0.5) is 15.9 Å². The molecule has 3 atom stereocenters. The summed E-state index contributed by atoms with van der Waals surface area (Å²) < 4.78 is 25.6. The van der Waals surface area contributed by atoms with Gasteiger partial charge in [-0.2, -0.15) is 0 Å². The Morgan fingerprint density at radius 1 is 1.12 bits per heavy atom. The highest BCUT2D eigenvalue weighted by Gasteiger charge is 2.46. The number of nitrogens with zero attached hydrogens (tertiary/aromatic N) is 3. The third kappa shape index (κ3) is 4.39. The smallest absolute Gasteiger partial charge is 0.231 e. The van der Waals surface area contributed by atoms with Gasteiger partial charge >= 0.3 is 0 Å². The second-order valence-corrected chi connectivity index (χ2v) is 10.8. The van der Waals surface area contributed by atoms with Crippen molar-refractivity contribution in [2.75, 3.05) is 56.2 Å². The monoisotopic (exact) mass is 470 g/mol. The first-order chi connectivity index (χ1) is 16.1. The summed E-state index contributed by atoms with van der Waals surface area (Å²) in [7, 11) is 0. The summed E-state index contributed by atoms with van der Waals surface area (Å²) >= 11 is 0. The van der Waals surface area contributed by atoms with Gasteiger partial charge in [0.1, 0.15) is 12.0 Å². The standard InChI is InChI=1S/C26H35FN4O3/c1-17-9-19-13-28-23(29-24(32)20-12-25(2,3)34-14-20)11-18(19)10-21(17)30-5-7-31(8-6-30)26(4)16-33-15-22(26)27/h9-11,13,20,22H,5-8,12,14-16H2,1-4H3,(H,28,29,32). The molecule has 2 aromatic rings. The largest absolute Gasteiger partial charge is 0.376 e. The summed E-state index contributed by atoms with van der Waals surface area (Å²) in [5.41, 5.74) is 1.57. The van der Waals surface area contributed by atoms with Crippen LogP contribution in [0, 0.1) is 12.8 Å². The highest BCUT2D eigenvalue weighted by molar-refractivity contribution is 5.95. The number of ether oxygens (including phenoxy) is 2. The second-order valence-electron chi connectivity index (χ2n) is 10.8. The summed E-state index contributed by atoms with van der Waals surface area (Å²) in [6.45, 7) is 12.5. The topological polar surface area (TPSA) is 66.9 Å². The molecule has 0 radical (unpaired) electrons. The molecule has 1 aromatic heterocycles. The lowest BCUT2D eigenvalue weighted by Gasteiger charge is -2.45. The summed E-state index contributed by atoms with van der Waals surface area (Å²) in [6, 6.07) is 6.27. The lowest BCUT2D eigenvalue weighted by atomic mass is 9.96. The Bertz CT molecular complexity index is 1090. The van der Waals surface area contributed by atoms with Gasteiger partial charge in [0.05, 0.1) is 36.9 Å². The number of aryl methyl sites for hydroxylation is 1. The molecule has 0 spiro atoms. The van der Waals surface area contributed by atoms with Gasteiger partial charge in [0, 0.05) is 43.4 Å². The van der Waals surface area contributed by atoms with Gasteiger partial charge < -0.3 is 19.7 Å². The molecule has 3 fully saturated rings. The molecule has 3 saturated heterocycles. The van der Waals surface area contributed by atoms with Crippen molar-refractivity contribution in [3.8, 4) is 0 Å². The number of piperazine rings is 1. The Morgan fingerprint density at radius 3 is 2.53 bits per heavy atom. The fraction of sp³-hybridized carbons (Fsp3) is 0.615. The van der Waals surface area contributed by atoms with Gasteiger partial charge in [-0.05, 0) is 63.3 Å². The molecule has 34 heavy (non-hydrogen) atoms. The SMILES string of the molecule is Cc1cc2cnc(NC(=O)C3COC(C)(C)C3)cc2cc1N1CCN(C2(C)COCC2F)CC1. The van der Waals surface area contributed by atoms with E-state index in [1.54, 1.807) is 0 Å². The number of hydrogen-bond acceptors (Lipinski definition) is 6. The highest BCUT2D eigenvalue weighted by atomic mass is 19.1. The zero-order valence-corrected chi connectivity index (χ0v) is 20.6. The summed E-state index contributed by atoms with van der Waals surface area (Å²) in [6.07, 6.45) is 1.58. The highest BCUT2D eigenvalue weighted by Crippen LogP contribution is 2.33. The molecule has 0 saturated carbocycles. The van der Waals surface area contributed by atoms with Crippen LogP contribution >= 0.6 is 0 Å². The molecular weight excluding hydrogens is 435 g/mol. The number of anilines is 2. The minimum Gasteiger partial charge on any atom is -0.376 e. The lowest BCUT2D eigenvalue weighted by molar-refractivity contribution is -0.119. The fourth-order valence-corrected chi connectivity index (χ4v) is 5.53. The second kappa shape index (κ2) is 8.73. The van der Waals surface area contributed by atoms with E-state index < -0.39 is 11.7 Å². The van der Waals surface area contributed by atoms with Crippen LogP contribution in [0.5, 0.6) is 0 Å². The first-order valence-corrected chi connectivity index (χ1v) is 12.2. The molecule has 0 aliphatic carbocycles. The normalized spacial score (nSPS) is 29.6. The van der Waals surface area contributed by atoms with Crippen LogP contribution in [0.25, 0.3) is 10.8 Å². The number of aromatic nitrogens is 1. The van der Waals surface area contributed by atoms with E-state index in [0.717, 1.165) is 37.0 Å². The van der Waals surface area contributed by atoms with Gasteiger partial charge in [-0.3, -0.25) is 9.69 Å². The van der Waals surface area contributed by atoms with E-state index in [-0.39, 0.29) is 24.0 Å². The van der Waals surface area contributed by atoms with Crippen LogP contribution in [-0.4, -0.2) is 79.1 Å². The number of fused-ring (bicyclic) bond motifs is 1. The molecule has 1 N–H and O–H groups in total. The van der Waals surface area contributed by atoms with E-state index in [2.05, 4.69) is 39.2 Å². The average molecular weight is 471 g/mol. The number of amides is 1. The molecule has 7 nitrogen and oxygen atoms in total. The van der Waals surface area contributed by atoms with Gasteiger partial charge in [-0.15, -0.1) is 0 Å². The Kier molecular flexibility index (Phi) is 6.02. The van der Waals surface area contributed by atoms with Crippen molar-refractivity contribution < 1.29 is 18.7 Å². The van der Waals surface area contributed by atoms with Gasteiger partial charge in [-0.1, -0.05) is 0 Å². The van der Waals surface area contributed by atoms with Crippen LogP contribution in [0.15, 0.2) is 24.4 Å². The van der Waals surface area contributed by atoms with Crippen molar-refractivity contribution in [2.24, 2.45) is 5.92 Å². The first kappa shape index (κ1) is 23.5. The maximum atomic E-state index is 14.5. The van der Waals surface area contributed by atoms with Crippen LogP contribution in [-0.2, 0) is 14.3 Å². The molecule has 5 rings (SSSR count). The predicted molar refractivity (Wildman–Crippen MR) is 131 cm³/mol. The summed E-state index contributed by atoms with van der Waals surface area (Å²) in [4.78, 5) is 21.8. The Morgan fingerprint density at radius 2 is 1.88 bits per heavy atom. The molecular formula is C26H35FN4O3. The fourth-order valence-electron chi connectivity index (χ4n) is 5.53. The zero-order chi connectivity index (χ0) is 24.1.